The Labute approximate surface area is 147 Å². The molecule has 0 N–H and O–H groups in total. The summed E-state index contributed by atoms with van der Waals surface area (Å²) in [6, 6.07) is 9.50. The van der Waals surface area contributed by atoms with E-state index in [0.29, 0.717) is 18.9 Å². The van der Waals surface area contributed by atoms with Crippen molar-refractivity contribution in [2.24, 2.45) is 0 Å². The number of carbonyl (C=O) groups is 2. The number of piperazine rings is 1. The third-order valence-corrected chi connectivity index (χ3v) is 4.64. The lowest BCUT2D eigenvalue weighted by molar-refractivity contribution is -0.155. The fourth-order valence-electron chi connectivity index (χ4n) is 3.09. The summed E-state index contributed by atoms with van der Waals surface area (Å²) in [5, 5.41) is 7.95. The predicted molar refractivity (Wildman–Crippen MR) is 92.4 cm³/mol. The van der Waals surface area contributed by atoms with Crippen molar-refractivity contribution < 1.29 is 9.59 Å². The summed E-state index contributed by atoms with van der Waals surface area (Å²) in [7, 11) is 0. The summed E-state index contributed by atoms with van der Waals surface area (Å²) < 4.78 is 1.88. The van der Waals surface area contributed by atoms with Crippen molar-refractivity contribution in [2.45, 2.75) is 39.4 Å². The Hall–Kier alpha value is -2.70. The minimum absolute atomic E-state index is 0.0157. The van der Waals surface area contributed by atoms with Gasteiger partial charge in [0.2, 0.25) is 11.8 Å². The van der Waals surface area contributed by atoms with E-state index in [9.17, 15) is 9.59 Å². The van der Waals surface area contributed by atoms with Crippen LogP contribution in [0.25, 0.3) is 0 Å². The Kier molecular flexibility index (Phi) is 5.11. The summed E-state index contributed by atoms with van der Waals surface area (Å²) >= 11 is 0. The molecule has 1 aliphatic heterocycles. The van der Waals surface area contributed by atoms with Crippen LogP contribution in [0.1, 0.15) is 25.2 Å². The minimum Gasteiger partial charge on any atom is -0.331 e. The van der Waals surface area contributed by atoms with Gasteiger partial charge in [0.15, 0.2) is 5.82 Å². The van der Waals surface area contributed by atoms with Crippen molar-refractivity contribution in [3.8, 4) is 0 Å². The number of amides is 2. The van der Waals surface area contributed by atoms with Gasteiger partial charge < -0.3 is 14.4 Å². The highest BCUT2D eigenvalue weighted by atomic mass is 16.2. The van der Waals surface area contributed by atoms with Crippen LogP contribution in [0.3, 0.4) is 0 Å². The molecule has 2 aromatic rings. The van der Waals surface area contributed by atoms with Crippen LogP contribution in [0.15, 0.2) is 36.7 Å². The van der Waals surface area contributed by atoms with E-state index in [1.807, 2.05) is 41.8 Å². The van der Waals surface area contributed by atoms with Gasteiger partial charge in [-0.3, -0.25) is 9.59 Å². The summed E-state index contributed by atoms with van der Waals surface area (Å²) in [6.07, 6.45) is 2.39. The lowest BCUT2D eigenvalue weighted by Gasteiger charge is -2.38. The van der Waals surface area contributed by atoms with E-state index >= 15 is 0 Å². The van der Waals surface area contributed by atoms with Crippen molar-refractivity contribution in [1.82, 2.24) is 24.6 Å². The zero-order valence-electron chi connectivity index (χ0n) is 14.6. The molecule has 0 saturated carbocycles. The van der Waals surface area contributed by atoms with E-state index in [1.165, 1.54) is 0 Å². The second-order valence-electron chi connectivity index (χ2n) is 6.23. The molecule has 0 radical (unpaired) electrons. The highest BCUT2D eigenvalue weighted by Crippen LogP contribution is 2.16. The standard InChI is InChI=1S/C18H23N5O2/c1-3-21-13-19-20-16(21)11-23-14(2)18(25)22(12-17(23)24)10-9-15-7-5-4-6-8-15/h4-8,13-14H,3,9-12H2,1-2H3/t14-/m1/s1. The molecule has 1 atom stereocenters. The molecule has 1 fully saturated rings. The van der Waals surface area contributed by atoms with E-state index in [4.69, 9.17) is 0 Å². The van der Waals surface area contributed by atoms with Gasteiger partial charge in [0.05, 0.1) is 13.1 Å². The molecule has 1 aromatic carbocycles. The van der Waals surface area contributed by atoms with E-state index < -0.39 is 6.04 Å². The Balaban J connectivity index is 1.65. The molecule has 1 saturated heterocycles. The maximum Gasteiger partial charge on any atom is 0.245 e. The highest BCUT2D eigenvalue weighted by molar-refractivity contribution is 5.94. The van der Waals surface area contributed by atoms with Gasteiger partial charge in [-0.2, -0.15) is 0 Å². The Bertz CT molecular complexity index is 743. The molecule has 25 heavy (non-hydrogen) atoms. The van der Waals surface area contributed by atoms with Crippen LogP contribution in [-0.2, 0) is 29.1 Å². The molecule has 0 spiro atoms. The first kappa shape index (κ1) is 17.1. The van der Waals surface area contributed by atoms with E-state index in [-0.39, 0.29) is 18.4 Å². The molecule has 2 heterocycles. The summed E-state index contributed by atoms with van der Waals surface area (Å²) in [4.78, 5) is 28.5. The number of hydrogen-bond acceptors (Lipinski definition) is 4. The largest absolute Gasteiger partial charge is 0.331 e. The number of rotatable bonds is 6. The maximum absolute atomic E-state index is 12.7. The smallest absolute Gasteiger partial charge is 0.245 e. The van der Waals surface area contributed by atoms with Gasteiger partial charge in [-0.05, 0) is 25.8 Å². The van der Waals surface area contributed by atoms with Crippen LogP contribution >= 0.6 is 0 Å². The second-order valence-corrected chi connectivity index (χ2v) is 6.23. The van der Waals surface area contributed by atoms with Crippen LogP contribution in [0, 0.1) is 0 Å². The summed E-state index contributed by atoms with van der Waals surface area (Å²) in [5.74, 6) is 0.636. The Morgan fingerprint density at radius 2 is 1.96 bits per heavy atom. The van der Waals surface area contributed by atoms with Crippen LogP contribution in [0.4, 0.5) is 0 Å². The highest BCUT2D eigenvalue weighted by Gasteiger charge is 2.36. The van der Waals surface area contributed by atoms with E-state index in [1.54, 1.807) is 23.1 Å². The number of carbonyl (C=O) groups excluding carboxylic acids is 2. The summed E-state index contributed by atoms with van der Waals surface area (Å²) in [5.41, 5.74) is 1.16. The first-order valence-electron chi connectivity index (χ1n) is 8.59. The van der Waals surface area contributed by atoms with Gasteiger partial charge in [0.1, 0.15) is 12.4 Å². The molecule has 1 aromatic heterocycles. The van der Waals surface area contributed by atoms with Crippen LogP contribution in [-0.4, -0.2) is 55.5 Å². The normalized spacial score (nSPS) is 18.1. The van der Waals surface area contributed by atoms with Crippen LogP contribution in [0.5, 0.6) is 0 Å². The average molecular weight is 341 g/mol. The summed E-state index contributed by atoms with van der Waals surface area (Å²) in [6.45, 7) is 5.49. The zero-order chi connectivity index (χ0) is 17.8. The molecule has 3 rings (SSSR count). The fourth-order valence-corrected chi connectivity index (χ4v) is 3.09. The van der Waals surface area contributed by atoms with Crippen LogP contribution in [0.2, 0.25) is 0 Å². The molecule has 7 heteroatoms. The third kappa shape index (κ3) is 3.70. The zero-order valence-corrected chi connectivity index (χ0v) is 14.6. The van der Waals surface area contributed by atoms with Gasteiger partial charge in [-0.1, -0.05) is 30.3 Å². The Morgan fingerprint density at radius 1 is 1.20 bits per heavy atom. The monoisotopic (exact) mass is 341 g/mol. The quantitative estimate of drug-likeness (QED) is 0.789. The average Bonchev–Trinajstić information content (AvgIpc) is 3.08. The van der Waals surface area contributed by atoms with Crippen molar-refractivity contribution in [2.75, 3.05) is 13.1 Å². The molecule has 132 valence electrons. The molecule has 0 bridgehead atoms. The van der Waals surface area contributed by atoms with Crippen molar-refractivity contribution >= 4 is 11.8 Å². The Morgan fingerprint density at radius 3 is 2.68 bits per heavy atom. The van der Waals surface area contributed by atoms with Gasteiger partial charge >= 0.3 is 0 Å². The maximum atomic E-state index is 12.7. The van der Waals surface area contributed by atoms with Gasteiger partial charge in [0.25, 0.3) is 0 Å². The van der Waals surface area contributed by atoms with Crippen molar-refractivity contribution in [1.29, 1.82) is 0 Å². The van der Waals surface area contributed by atoms with Crippen molar-refractivity contribution in [3.05, 3.63) is 48.0 Å². The van der Waals surface area contributed by atoms with E-state index in [2.05, 4.69) is 10.2 Å². The number of benzene rings is 1. The number of hydrogen-bond donors (Lipinski definition) is 0. The predicted octanol–water partition coefficient (Wildman–Crippen LogP) is 1.10. The molecule has 0 aliphatic carbocycles. The minimum atomic E-state index is -0.487. The fraction of sp³-hybridized carbons (Fsp3) is 0.444. The molecule has 1 aliphatic rings. The first-order valence-corrected chi connectivity index (χ1v) is 8.59. The molecular formula is C18H23N5O2. The second kappa shape index (κ2) is 7.46. The van der Waals surface area contributed by atoms with Crippen LogP contribution < -0.4 is 0 Å². The van der Waals surface area contributed by atoms with E-state index in [0.717, 1.165) is 18.5 Å². The lowest BCUT2D eigenvalue weighted by atomic mass is 10.1. The molecular weight excluding hydrogens is 318 g/mol. The number of nitrogens with zero attached hydrogens (tertiary/aromatic N) is 5. The first-order chi connectivity index (χ1) is 12.1. The van der Waals surface area contributed by atoms with Gasteiger partial charge in [-0.25, -0.2) is 0 Å². The molecule has 0 unspecified atom stereocenters. The SMILES string of the molecule is CCn1cnnc1CN1C(=O)CN(CCc2ccccc2)C(=O)[C@H]1C. The van der Waals surface area contributed by atoms with Gasteiger partial charge in [-0.15, -0.1) is 10.2 Å². The molecule has 7 nitrogen and oxygen atoms in total. The third-order valence-electron chi connectivity index (χ3n) is 4.64. The molecule has 2 amide bonds. The van der Waals surface area contributed by atoms with Crippen molar-refractivity contribution in [3.63, 3.8) is 0 Å². The topological polar surface area (TPSA) is 71.3 Å². The lowest BCUT2D eigenvalue weighted by Crippen LogP contribution is -2.58. The van der Waals surface area contributed by atoms with Gasteiger partial charge in [0, 0.05) is 13.1 Å². The number of aromatic nitrogens is 3. The number of aryl methyl sites for hydroxylation is 1.